The van der Waals surface area contributed by atoms with Gasteiger partial charge in [0.05, 0.1) is 0 Å². The van der Waals surface area contributed by atoms with Crippen LogP contribution in [0.3, 0.4) is 0 Å². The van der Waals surface area contributed by atoms with E-state index in [2.05, 4.69) is 58.1 Å². The fraction of sp³-hybridized carbons (Fsp3) is 0.684. The molecule has 1 aromatic carbocycles. The van der Waals surface area contributed by atoms with E-state index in [1.807, 2.05) is 0 Å². The van der Waals surface area contributed by atoms with Crippen molar-refractivity contribution in [1.29, 1.82) is 0 Å². The van der Waals surface area contributed by atoms with Gasteiger partial charge in [-0.15, -0.1) is 0 Å². The Kier molecular flexibility index (Phi) is 7.91. The second-order valence-corrected chi connectivity index (χ2v) is 6.16. The van der Waals surface area contributed by atoms with Gasteiger partial charge in [-0.05, 0) is 44.7 Å². The summed E-state index contributed by atoms with van der Waals surface area (Å²) < 4.78 is 0. The van der Waals surface area contributed by atoms with E-state index in [4.69, 9.17) is 0 Å². The Hall–Kier alpha value is -0.820. The van der Waals surface area contributed by atoms with Crippen LogP contribution in [0.2, 0.25) is 0 Å². The summed E-state index contributed by atoms with van der Waals surface area (Å²) >= 11 is 0. The first kappa shape index (κ1) is 17.2. The average molecular weight is 275 g/mol. The molecule has 1 heteroatoms. The maximum absolute atomic E-state index is 3.80. The van der Waals surface area contributed by atoms with Crippen LogP contribution in [-0.4, -0.2) is 6.54 Å². The molecule has 0 aliphatic rings. The van der Waals surface area contributed by atoms with Crippen molar-refractivity contribution in [2.75, 3.05) is 6.54 Å². The molecule has 1 rings (SSSR count). The third-order valence-corrected chi connectivity index (χ3v) is 4.14. The highest BCUT2D eigenvalue weighted by Gasteiger charge is 2.21. The predicted molar refractivity (Wildman–Crippen MR) is 90.3 cm³/mol. The molecule has 0 fully saturated rings. The zero-order valence-electron chi connectivity index (χ0n) is 14.1. The third-order valence-electron chi connectivity index (χ3n) is 4.14. The molecule has 0 heterocycles. The highest BCUT2D eigenvalue weighted by molar-refractivity contribution is 5.31. The van der Waals surface area contributed by atoms with Gasteiger partial charge in [0.2, 0.25) is 0 Å². The minimum Gasteiger partial charge on any atom is -0.310 e. The highest BCUT2D eigenvalue weighted by atomic mass is 14.9. The van der Waals surface area contributed by atoms with Crippen LogP contribution in [0.4, 0.5) is 0 Å². The summed E-state index contributed by atoms with van der Waals surface area (Å²) in [5.41, 5.74) is 4.25. The normalized spacial score (nSPS) is 14.2. The lowest BCUT2D eigenvalue weighted by molar-refractivity contribution is 0.323. The van der Waals surface area contributed by atoms with Crippen molar-refractivity contribution in [3.8, 4) is 0 Å². The van der Waals surface area contributed by atoms with E-state index in [1.165, 1.54) is 48.8 Å². The lowest BCUT2D eigenvalue weighted by Crippen LogP contribution is -2.29. The molecule has 2 unspecified atom stereocenters. The quantitative estimate of drug-likeness (QED) is 0.622. The molecular weight excluding hydrogens is 242 g/mol. The fourth-order valence-corrected chi connectivity index (χ4v) is 3.12. The van der Waals surface area contributed by atoms with Gasteiger partial charge in [-0.2, -0.15) is 0 Å². The van der Waals surface area contributed by atoms with Crippen LogP contribution in [0.25, 0.3) is 0 Å². The predicted octanol–water partition coefficient (Wildman–Crippen LogP) is 5.56. The van der Waals surface area contributed by atoms with Crippen molar-refractivity contribution < 1.29 is 0 Å². The first-order chi connectivity index (χ1) is 9.62. The molecule has 0 radical (unpaired) electrons. The van der Waals surface area contributed by atoms with Crippen LogP contribution in [0.5, 0.6) is 0 Å². The molecule has 0 bridgehead atoms. The average Bonchev–Trinajstić information content (AvgIpc) is 2.41. The molecule has 1 N–H and O–H groups in total. The highest BCUT2D eigenvalue weighted by Crippen LogP contribution is 2.30. The molecule has 1 nitrogen and oxygen atoms in total. The topological polar surface area (TPSA) is 12.0 Å². The van der Waals surface area contributed by atoms with Crippen molar-refractivity contribution in [2.24, 2.45) is 5.92 Å². The number of unbranched alkanes of at least 4 members (excludes halogenated alkanes) is 1. The minimum atomic E-state index is 0.519. The molecule has 114 valence electrons. The zero-order chi connectivity index (χ0) is 15.0. The monoisotopic (exact) mass is 275 g/mol. The van der Waals surface area contributed by atoms with E-state index in [0.717, 1.165) is 12.5 Å². The minimum absolute atomic E-state index is 0.519. The summed E-state index contributed by atoms with van der Waals surface area (Å²) in [6, 6.07) is 7.53. The van der Waals surface area contributed by atoms with Gasteiger partial charge in [0, 0.05) is 6.04 Å². The molecule has 0 amide bonds. The van der Waals surface area contributed by atoms with Crippen molar-refractivity contribution in [3.05, 3.63) is 34.9 Å². The number of aryl methyl sites for hydroxylation is 2. The van der Waals surface area contributed by atoms with Crippen LogP contribution < -0.4 is 5.32 Å². The lowest BCUT2D eigenvalue weighted by atomic mass is 9.85. The molecule has 0 saturated carbocycles. The van der Waals surface area contributed by atoms with E-state index < -0.39 is 0 Å². The van der Waals surface area contributed by atoms with Gasteiger partial charge >= 0.3 is 0 Å². The van der Waals surface area contributed by atoms with Crippen molar-refractivity contribution in [2.45, 2.75) is 72.8 Å². The van der Waals surface area contributed by atoms with Crippen LogP contribution in [0, 0.1) is 19.8 Å². The zero-order valence-corrected chi connectivity index (χ0v) is 14.1. The van der Waals surface area contributed by atoms with Crippen molar-refractivity contribution in [1.82, 2.24) is 5.32 Å². The fourth-order valence-electron chi connectivity index (χ4n) is 3.12. The number of rotatable bonds is 9. The Morgan fingerprint density at radius 1 is 0.950 bits per heavy atom. The van der Waals surface area contributed by atoms with Gasteiger partial charge in [0.1, 0.15) is 0 Å². The molecule has 20 heavy (non-hydrogen) atoms. The molecule has 2 atom stereocenters. The summed E-state index contributed by atoms with van der Waals surface area (Å²) in [5.74, 6) is 0.752. The molecule has 0 aliphatic heterocycles. The summed E-state index contributed by atoms with van der Waals surface area (Å²) in [5, 5.41) is 3.80. The smallest absolute Gasteiger partial charge is 0.0348 e. The van der Waals surface area contributed by atoms with Crippen LogP contribution >= 0.6 is 0 Å². The third kappa shape index (κ3) is 5.28. The first-order valence-corrected chi connectivity index (χ1v) is 8.43. The Bertz CT molecular complexity index is 363. The summed E-state index contributed by atoms with van der Waals surface area (Å²) in [4.78, 5) is 0. The Morgan fingerprint density at radius 2 is 1.60 bits per heavy atom. The molecule has 1 aromatic rings. The Labute approximate surface area is 126 Å². The maximum Gasteiger partial charge on any atom is 0.0348 e. The Morgan fingerprint density at radius 3 is 2.10 bits per heavy atom. The van der Waals surface area contributed by atoms with Gasteiger partial charge in [-0.1, -0.05) is 69.4 Å². The van der Waals surface area contributed by atoms with E-state index in [0.29, 0.717) is 6.04 Å². The standard InChI is InChI=1S/C19H33N/c1-6-9-10-17(8-3)19(20-11-7-2)18-13-15(4)12-16(5)14-18/h12-14,17,19-20H,6-11H2,1-5H3. The van der Waals surface area contributed by atoms with Gasteiger partial charge in [-0.3, -0.25) is 0 Å². The van der Waals surface area contributed by atoms with Crippen LogP contribution in [0.15, 0.2) is 18.2 Å². The second kappa shape index (κ2) is 9.18. The van der Waals surface area contributed by atoms with Gasteiger partial charge in [0.25, 0.3) is 0 Å². The molecule has 0 aliphatic carbocycles. The maximum atomic E-state index is 3.80. The van der Waals surface area contributed by atoms with Gasteiger partial charge in [-0.25, -0.2) is 0 Å². The summed E-state index contributed by atoms with van der Waals surface area (Å²) in [6.45, 7) is 12.4. The van der Waals surface area contributed by atoms with Crippen molar-refractivity contribution in [3.63, 3.8) is 0 Å². The molecule has 0 saturated heterocycles. The van der Waals surface area contributed by atoms with Gasteiger partial charge in [0.15, 0.2) is 0 Å². The SMILES string of the molecule is CCCCC(CC)C(NCCC)c1cc(C)cc(C)c1. The Balaban J connectivity index is 2.96. The lowest BCUT2D eigenvalue weighted by Gasteiger charge is -2.28. The first-order valence-electron chi connectivity index (χ1n) is 8.43. The summed E-state index contributed by atoms with van der Waals surface area (Å²) in [7, 11) is 0. The van der Waals surface area contributed by atoms with Crippen LogP contribution in [-0.2, 0) is 0 Å². The van der Waals surface area contributed by atoms with E-state index in [-0.39, 0.29) is 0 Å². The van der Waals surface area contributed by atoms with E-state index >= 15 is 0 Å². The summed E-state index contributed by atoms with van der Waals surface area (Å²) in [6.07, 6.45) is 6.43. The number of hydrogen-bond donors (Lipinski definition) is 1. The number of hydrogen-bond acceptors (Lipinski definition) is 1. The number of nitrogens with one attached hydrogen (secondary N) is 1. The molecule has 0 aromatic heterocycles. The largest absolute Gasteiger partial charge is 0.310 e. The van der Waals surface area contributed by atoms with Crippen LogP contribution in [0.1, 0.15) is 75.6 Å². The molecule has 0 spiro atoms. The molecular formula is C19H33N. The van der Waals surface area contributed by atoms with E-state index in [9.17, 15) is 0 Å². The van der Waals surface area contributed by atoms with E-state index in [1.54, 1.807) is 0 Å². The second-order valence-electron chi connectivity index (χ2n) is 6.16. The van der Waals surface area contributed by atoms with Crippen molar-refractivity contribution >= 4 is 0 Å². The number of benzene rings is 1. The van der Waals surface area contributed by atoms with Gasteiger partial charge < -0.3 is 5.32 Å².